The molecule has 0 spiro atoms. The summed E-state index contributed by atoms with van der Waals surface area (Å²) in [5, 5.41) is 2.47. The number of nitrogens with one attached hydrogen (secondary N) is 2. The fraction of sp³-hybridized carbons (Fsp3) is 0.444. The number of hydrogen-bond acceptors (Lipinski definition) is 9. The first-order chi connectivity index (χ1) is 15.1. The van der Waals surface area contributed by atoms with Gasteiger partial charge in [-0.15, -0.1) is 0 Å². The Balaban J connectivity index is 1.91. The van der Waals surface area contributed by atoms with Gasteiger partial charge in [-0.3, -0.25) is 5.32 Å². The molecule has 1 aromatic rings. The number of carbonyl (C=O) groups is 1. The second kappa shape index (κ2) is 8.86. The number of carbonyl (C=O) groups excluding carboxylic acids is 1. The predicted molar refractivity (Wildman–Crippen MR) is 116 cm³/mol. The standard InChI is InChI=1S/C18H23N5O7S2/c1-4-5-9-18(20-14(29-2)10-15(21-18)30-3)22-17(24)23-31(25,26)13-8-6-7-12-11-19-32(27,28)16(12)13/h6-8,11H,4-5,9-10H2,1-3H3,(H2,22,23,24). The van der Waals surface area contributed by atoms with Crippen LogP contribution in [0.2, 0.25) is 0 Å². The van der Waals surface area contributed by atoms with E-state index in [-0.39, 0.29) is 30.2 Å². The van der Waals surface area contributed by atoms with E-state index in [0.717, 1.165) is 18.7 Å². The lowest BCUT2D eigenvalue weighted by Gasteiger charge is -2.31. The molecule has 174 valence electrons. The molecule has 2 aliphatic heterocycles. The number of urea groups is 1. The Kier molecular flexibility index (Phi) is 6.55. The minimum absolute atomic E-state index is 0.114. The minimum Gasteiger partial charge on any atom is -0.484 e. The van der Waals surface area contributed by atoms with Crippen molar-refractivity contribution in [2.45, 2.75) is 48.2 Å². The third kappa shape index (κ3) is 4.75. The van der Waals surface area contributed by atoms with Crippen molar-refractivity contribution in [3.05, 3.63) is 23.8 Å². The summed E-state index contributed by atoms with van der Waals surface area (Å²) < 4.78 is 65.7. The van der Waals surface area contributed by atoms with Crippen LogP contribution in [0.1, 0.15) is 38.2 Å². The van der Waals surface area contributed by atoms with E-state index in [1.54, 1.807) is 0 Å². The molecular weight excluding hydrogens is 462 g/mol. The average Bonchev–Trinajstić information content (AvgIpc) is 3.06. The monoisotopic (exact) mass is 485 g/mol. The van der Waals surface area contributed by atoms with Gasteiger partial charge in [-0.25, -0.2) is 27.9 Å². The van der Waals surface area contributed by atoms with Crippen molar-refractivity contribution < 1.29 is 31.1 Å². The van der Waals surface area contributed by atoms with Crippen molar-refractivity contribution in [3.8, 4) is 0 Å². The Hall–Kier alpha value is -3.00. The molecule has 0 saturated heterocycles. The number of amides is 2. The molecule has 0 unspecified atom stereocenters. The van der Waals surface area contributed by atoms with Gasteiger partial charge in [0.2, 0.25) is 5.79 Å². The van der Waals surface area contributed by atoms with Crippen LogP contribution in [-0.2, 0) is 29.5 Å². The lowest BCUT2D eigenvalue weighted by molar-refractivity contribution is 0.223. The quantitative estimate of drug-likeness (QED) is 0.609. The van der Waals surface area contributed by atoms with Gasteiger partial charge in [-0.2, -0.15) is 12.8 Å². The van der Waals surface area contributed by atoms with Crippen molar-refractivity contribution in [3.63, 3.8) is 0 Å². The molecule has 14 heteroatoms. The van der Waals surface area contributed by atoms with Crippen molar-refractivity contribution in [1.82, 2.24) is 10.0 Å². The zero-order chi connectivity index (χ0) is 23.6. The Labute approximate surface area is 185 Å². The van der Waals surface area contributed by atoms with Crippen molar-refractivity contribution >= 4 is 44.1 Å². The van der Waals surface area contributed by atoms with Crippen LogP contribution in [0, 0.1) is 0 Å². The maximum atomic E-state index is 12.9. The minimum atomic E-state index is -4.57. The van der Waals surface area contributed by atoms with Gasteiger partial charge in [0.1, 0.15) is 9.79 Å². The number of benzene rings is 1. The summed E-state index contributed by atoms with van der Waals surface area (Å²) in [7, 11) is -5.94. The van der Waals surface area contributed by atoms with Gasteiger partial charge < -0.3 is 9.47 Å². The first-order valence-corrected chi connectivity index (χ1v) is 12.5. The number of nitrogens with zero attached hydrogens (tertiary/aromatic N) is 3. The van der Waals surface area contributed by atoms with E-state index in [1.165, 1.54) is 26.4 Å². The number of aliphatic imine (C=N–C) groups is 2. The number of ether oxygens (including phenoxy) is 2. The van der Waals surface area contributed by atoms with Crippen LogP contribution in [0.4, 0.5) is 4.79 Å². The molecule has 2 N–H and O–H groups in total. The summed E-state index contributed by atoms with van der Waals surface area (Å²) in [5.41, 5.74) is 0.114. The number of hydrogen-bond donors (Lipinski definition) is 2. The van der Waals surface area contributed by atoms with Gasteiger partial charge in [-0.05, 0) is 12.5 Å². The third-order valence-corrected chi connectivity index (χ3v) is 7.56. The largest absolute Gasteiger partial charge is 0.484 e. The van der Waals surface area contributed by atoms with Crippen LogP contribution in [0.5, 0.6) is 0 Å². The van der Waals surface area contributed by atoms with E-state index >= 15 is 0 Å². The molecule has 2 aliphatic rings. The SMILES string of the molecule is CCCCC1(NC(=O)NS(=O)(=O)c2cccc3c2S(=O)(=O)N=C3)N=C(OC)CC(OC)=N1. The molecule has 32 heavy (non-hydrogen) atoms. The van der Waals surface area contributed by atoms with Gasteiger partial charge in [-0.1, -0.05) is 25.5 Å². The molecule has 2 heterocycles. The fourth-order valence-corrected chi connectivity index (χ4v) is 5.99. The van der Waals surface area contributed by atoms with Gasteiger partial charge in [0, 0.05) is 18.2 Å². The molecule has 2 amide bonds. The molecule has 1 aromatic carbocycles. The van der Waals surface area contributed by atoms with Crippen LogP contribution in [0.15, 0.2) is 42.4 Å². The topological polar surface area (TPSA) is 165 Å². The Morgan fingerprint density at radius 2 is 1.84 bits per heavy atom. The molecule has 3 rings (SSSR count). The van der Waals surface area contributed by atoms with E-state index in [0.29, 0.717) is 6.42 Å². The van der Waals surface area contributed by atoms with Gasteiger partial charge in [0.25, 0.3) is 20.0 Å². The lowest BCUT2D eigenvalue weighted by atomic mass is 10.1. The lowest BCUT2D eigenvalue weighted by Crippen LogP contribution is -2.53. The van der Waals surface area contributed by atoms with Gasteiger partial charge >= 0.3 is 6.03 Å². The first kappa shape index (κ1) is 23.7. The van der Waals surface area contributed by atoms with Gasteiger partial charge in [0.15, 0.2) is 11.8 Å². The molecule has 0 bridgehead atoms. The third-order valence-electron chi connectivity index (χ3n) is 4.70. The van der Waals surface area contributed by atoms with E-state index in [4.69, 9.17) is 9.47 Å². The van der Waals surface area contributed by atoms with E-state index in [2.05, 4.69) is 19.7 Å². The highest BCUT2D eigenvalue weighted by molar-refractivity contribution is 7.93. The highest BCUT2D eigenvalue weighted by Gasteiger charge is 2.38. The number of rotatable bonds is 6. The zero-order valence-electron chi connectivity index (χ0n) is 17.7. The summed E-state index contributed by atoms with van der Waals surface area (Å²) in [6.45, 7) is 1.93. The van der Waals surface area contributed by atoms with Gasteiger partial charge in [0.05, 0.1) is 20.6 Å². The molecular formula is C18H23N5O7S2. The summed E-state index contributed by atoms with van der Waals surface area (Å²) in [6.07, 6.45) is 2.84. The van der Waals surface area contributed by atoms with E-state index in [9.17, 15) is 21.6 Å². The smallest absolute Gasteiger partial charge is 0.332 e. The first-order valence-electron chi connectivity index (χ1n) is 9.59. The van der Waals surface area contributed by atoms with Crippen molar-refractivity contribution in [2.24, 2.45) is 14.4 Å². The summed E-state index contributed by atoms with van der Waals surface area (Å²) in [4.78, 5) is 20.3. The second-order valence-corrected chi connectivity index (χ2v) is 10.2. The number of fused-ring (bicyclic) bond motifs is 1. The number of sulfonamides is 2. The highest BCUT2D eigenvalue weighted by Crippen LogP contribution is 2.30. The zero-order valence-corrected chi connectivity index (χ0v) is 19.3. The van der Waals surface area contributed by atoms with Crippen LogP contribution in [-0.4, -0.2) is 60.9 Å². The molecule has 0 aliphatic carbocycles. The van der Waals surface area contributed by atoms with E-state index < -0.39 is 41.7 Å². The Bertz CT molecular complexity index is 1200. The fourth-order valence-electron chi connectivity index (χ4n) is 3.22. The van der Waals surface area contributed by atoms with Crippen LogP contribution in [0.3, 0.4) is 0 Å². The predicted octanol–water partition coefficient (Wildman–Crippen LogP) is 1.13. The van der Waals surface area contributed by atoms with E-state index in [1.807, 2.05) is 11.6 Å². The summed E-state index contributed by atoms with van der Waals surface area (Å²) in [6, 6.07) is 2.70. The van der Waals surface area contributed by atoms with Crippen LogP contribution < -0.4 is 10.0 Å². The second-order valence-electron chi connectivity index (χ2n) is 6.96. The summed E-state index contributed by atoms with van der Waals surface area (Å²) >= 11 is 0. The molecule has 0 radical (unpaired) electrons. The van der Waals surface area contributed by atoms with Crippen LogP contribution in [0.25, 0.3) is 0 Å². The summed E-state index contributed by atoms with van der Waals surface area (Å²) in [5.74, 6) is -1.04. The molecule has 0 saturated carbocycles. The molecule has 0 fully saturated rings. The Morgan fingerprint density at radius 3 is 2.44 bits per heavy atom. The maximum absolute atomic E-state index is 12.9. The average molecular weight is 486 g/mol. The van der Waals surface area contributed by atoms with Crippen molar-refractivity contribution in [1.29, 1.82) is 0 Å². The highest BCUT2D eigenvalue weighted by atomic mass is 32.2. The van der Waals surface area contributed by atoms with Crippen molar-refractivity contribution in [2.75, 3.05) is 14.2 Å². The molecule has 0 atom stereocenters. The number of unbranched alkanes of at least 4 members (excludes halogenated alkanes) is 1. The maximum Gasteiger partial charge on any atom is 0.332 e. The Morgan fingerprint density at radius 1 is 1.19 bits per heavy atom. The van der Waals surface area contributed by atoms with Crippen LogP contribution >= 0.6 is 0 Å². The molecule has 0 aromatic heterocycles. The number of methoxy groups -OCH3 is 2. The molecule has 12 nitrogen and oxygen atoms in total. The normalized spacial score (nSPS) is 18.2.